The zero-order valence-corrected chi connectivity index (χ0v) is 19.3. The summed E-state index contributed by atoms with van der Waals surface area (Å²) in [6, 6.07) is 10.3. The Bertz CT molecular complexity index is 882. The molecule has 2 rings (SSSR count). The van der Waals surface area contributed by atoms with E-state index in [-0.39, 0.29) is 25.0 Å². The molecule has 162 valence electrons. The second-order valence-corrected chi connectivity index (χ2v) is 7.91. The summed E-state index contributed by atoms with van der Waals surface area (Å²) in [5, 5.41) is 3.69. The number of carbonyl (C=O) groups is 2. The minimum atomic E-state index is -0.660. The van der Waals surface area contributed by atoms with E-state index in [9.17, 15) is 9.59 Å². The van der Waals surface area contributed by atoms with Crippen molar-refractivity contribution in [2.75, 3.05) is 13.2 Å². The average Bonchev–Trinajstić information content (AvgIpc) is 2.69. The molecule has 1 N–H and O–H groups in total. The third kappa shape index (κ3) is 6.13. The summed E-state index contributed by atoms with van der Waals surface area (Å²) in [6.45, 7) is 8.02. The van der Waals surface area contributed by atoms with Gasteiger partial charge in [-0.05, 0) is 51.0 Å². The number of benzene rings is 2. The first kappa shape index (κ1) is 24.0. The maximum absolute atomic E-state index is 13.2. The minimum Gasteiger partial charge on any atom is -0.483 e. The molecule has 0 aliphatic heterocycles. The Labute approximate surface area is 188 Å². The number of carbonyl (C=O) groups excluding carboxylic acids is 2. The summed E-state index contributed by atoms with van der Waals surface area (Å²) >= 11 is 12.6. The van der Waals surface area contributed by atoms with Crippen molar-refractivity contribution in [1.82, 2.24) is 10.2 Å². The van der Waals surface area contributed by atoms with E-state index >= 15 is 0 Å². The number of nitrogens with one attached hydrogen (secondary N) is 1. The van der Waals surface area contributed by atoms with Crippen LogP contribution in [0.5, 0.6) is 5.75 Å². The normalized spacial score (nSPS) is 11.7. The number of nitrogens with zero attached hydrogens (tertiary/aromatic N) is 1. The van der Waals surface area contributed by atoms with Crippen molar-refractivity contribution in [3.63, 3.8) is 0 Å². The molecule has 0 unspecified atom stereocenters. The summed E-state index contributed by atoms with van der Waals surface area (Å²) in [5.41, 5.74) is 2.66. The van der Waals surface area contributed by atoms with Gasteiger partial charge in [-0.1, -0.05) is 53.9 Å². The third-order valence-electron chi connectivity index (χ3n) is 4.81. The van der Waals surface area contributed by atoms with E-state index in [1.54, 1.807) is 18.2 Å². The van der Waals surface area contributed by atoms with Crippen molar-refractivity contribution >= 4 is 35.0 Å². The van der Waals surface area contributed by atoms with E-state index in [1.165, 1.54) is 4.90 Å². The Morgan fingerprint density at radius 1 is 1.10 bits per heavy atom. The molecular formula is C23H28Cl2N2O3. The fourth-order valence-corrected chi connectivity index (χ4v) is 3.77. The van der Waals surface area contributed by atoms with E-state index in [4.69, 9.17) is 27.9 Å². The molecule has 0 spiro atoms. The molecule has 1 atom stereocenters. The van der Waals surface area contributed by atoms with Crippen LogP contribution in [0.1, 0.15) is 37.0 Å². The Morgan fingerprint density at radius 2 is 1.77 bits per heavy atom. The lowest BCUT2D eigenvalue weighted by Crippen LogP contribution is -2.50. The molecule has 7 heteroatoms. The predicted octanol–water partition coefficient (Wildman–Crippen LogP) is 4.93. The fraction of sp³-hybridized carbons (Fsp3) is 0.391. The van der Waals surface area contributed by atoms with Gasteiger partial charge in [-0.25, -0.2) is 0 Å². The van der Waals surface area contributed by atoms with E-state index in [0.29, 0.717) is 34.3 Å². The number of rotatable bonds is 9. The van der Waals surface area contributed by atoms with Crippen molar-refractivity contribution in [2.45, 2.75) is 46.7 Å². The monoisotopic (exact) mass is 450 g/mol. The summed E-state index contributed by atoms with van der Waals surface area (Å²) in [5.74, 6) is 0.0999. The topological polar surface area (TPSA) is 58.6 Å². The Morgan fingerprint density at radius 3 is 2.33 bits per heavy atom. The van der Waals surface area contributed by atoms with Crippen molar-refractivity contribution < 1.29 is 14.3 Å². The number of hydrogen-bond donors (Lipinski definition) is 1. The van der Waals surface area contributed by atoms with Crippen LogP contribution >= 0.6 is 23.2 Å². The Hall–Kier alpha value is -2.24. The zero-order chi connectivity index (χ0) is 22.3. The lowest BCUT2D eigenvalue weighted by atomic mass is 10.1. The number of hydrogen-bond acceptors (Lipinski definition) is 3. The molecule has 0 bridgehead atoms. The molecule has 2 aromatic rings. The Balaban J connectivity index is 2.28. The lowest BCUT2D eigenvalue weighted by molar-refractivity contribution is -0.142. The molecule has 0 radical (unpaired) electrons. The molecule has 0 heterocycles. The van der Waals surface area contributed by atoms with Gasteiger partial charge in [0, 0.05) is 28.7 Å². The van der Waals surface area contributed by atoms with Gasteiger partial charge in [0.15, 0.2) is 6.61 Å². The number of amides is 2. The zero-order valence-electron chi connectivity index (χ0n) is 17.8. The molecular weight excluding hydrogens is 423 g/mol. The van der Waals surface area contributed by atoms with Gasteiger partial charge in [0.2, 0.25) is 5.91 Å². The minimum absolute atomic E-state index is 0.114. The van der Waals surface area contributed by atoms with Crippen LogP contribution in [-0.2, 0) is 16.1 Å². The van der Waals surface area contributed by atoms with Gasteiger partial charge >= 0.3 is 0 Å². The van der Waals surface area contributed by atoms with Crippen LogP contribution in [0.2, 0.25) is 10.0 Å². The number of likely N-dealkylation sites (N-methyl/N-ethyl adjacent to an activating group) is 1. The van der Waals surface area contributed by atoms with Gasteiger partial charge in [0.1, 0.15) is 11.8 Å². The number of aryl methyl sites for hydroxylation is 2. The predicted molar refractivity (Wildman–Crippen MR) is 121 cm³/mol. The van der Waals surface area contributed by atoms with Crippen LogP contribution < -0.4 is 10.1 Å². The molecule has 5 nitrogen and oxygen atoms in total. The summed E-state index contributed by atoms with van der Waals surface area (Å²) in [4.78, 5) is 27.3. The largest absolute Gasteiger partial charge is 0.483 e. The number of halogens is 2. The standard InChI is InChI=1S/C23H28Cl2N2O3/c1-5-20(23(29)26-6-2)27(13-17-18(24)8-7-9-19(17)25)22(28)14-30-21-11-10-15(3)12-16(21)4/h7-12,20H,5-6,13-14H2,1-4H3,(H,26,29)/t20-/m0/s1. The maximum Gasteiger partial charge on any atom is 0.261 e. The van der Waals surface area contributed by atoms with Crippen LogP contribution in [-0.4, -0.2) is 35.9 Å². The van der Waals surface area contributed by atoms with Crippen LogP contribution in [0.15, 0.2) is 36.4 Å². The Kier molecular flexibility index (Phi) is 9.00. The molecule has 0 fully saturated rings. The van der Waals surface area contributed by atoms with E-state index < -0.39 is 6.04 Å². The maximum atomic E-state index is 13.2. The van der Waals surface area contributed by atoms with Crippen molar-refractivity contribution in [1.29, 1.82) is 0 Å². The second-order valence-electron chi connectivity index (χ2n) is 7.10. The van der Waals surface area contributed by atoms with Crippen molar-refractivity contribution in [2.24, 2.45) is 0 Å². The summed E-state index contributed by atoms with van der Waals surface area (Å²) in [7, 11) is 0. The smallest absolute Gasteiger partial charge is 0.261 e. The SMILES string of the molecule is CCNC(=O)[C@H](CC)N(Cc1c(Cl)cccc1Cl)C(=O)COc1ccc(C)cc1C. The lowest BCUT2D eigenvalue weighted by Gasteiger charge is -2.31. The highest BCUT2D eigenvalue weighted by Gasteiger charge is 2.29. The van der Waals surface area contributed by atoms with Gasteiger partial charge in [0.05, 0.1) is 0 Å². The molecule has 0 aromatic heterocycles. The van der Waals surface area contributed by atoms with Crippen molar-refractivity contribution in [3.8, 4) is 5.75 Å². The van der Waals surface area contributed by atoms with E-state index in [2.05, 4.69) is 5.32 Å². The molecule has 0 saturated carbocycles. The average molecular weight is 451 g/mol. The quantitative estimate of drug-likeness (QED) is 0.588. The van der Waals surface area contributed by atoms with Gasteiger partial charge in [-0.15, -0.1) is 0 Å². The van der Waals surface area contributed by atoms with Gasteiger partial charge in [0.25, 0.3) is 5.91 Å². The third-order valence-corrected chi connectivity index (χ3v) is 5.52. The van der Waals surface area contributed by atoms with Gasteiger partial charge < -0.3 is 15.0 Å². The molecule has 2 aromatic carbocycles. The highest BCUT2D eigenvalue weighted by atomic mass is 35.5. The first-order chi connectivity index (χ1) is 14.3. The van der Waals surface area contributed by atoms with Gasteiger partial charge in [-0.2, -0.15) is 0 Å². The summed E-state index contributed by atoms with van der Waals surface area (Å²) < 4.78 is 5.78. The first-order valence-corrected chi connectivity index (χ1v) is 10.7. The fourth-order valence-electron chi connectivity index (χ4n) is 3.25. The van der Waals surface area contributed by atoms with Crippen LogP contribution in [0.3, 0.4) is 0 Å². The molecule has 0 aliphatic rings. The van der Waals surface area contributed by atoms with E-state index in [0.717, 1.165) is 11.1 Å². The highest BCUT2D eigenvalue weighted by molar-refractivity contribution is 6.36. The molecule has 30 heavy (non-hydrogen) atoms. The molecule has 0 saturated heterocycles. The van der Waals surface area contributed by atoms with E-state index in [1.807, 2.05) is 45.9 Å². The first-order valence-electron chi connectivity index (χ1n) is 9.98. The molecule has 2 amide bonds. The second kappa shape index (κ2) is 11.2. The highest BCUT2D eigenvalue weighted by Crippen LogP contribution is 2.27. The van der Waals surface area contributed by atoms with Crippen LogP contribution in [0.4, 0.5) is 0 Å². The number of ether oxygens (including phenoxy) is 1. The van der Waals surface area contributed by atoms with Crippen molar-refractivity contribution in [3.05, 3.63) is 63.1 Å². The van der Waals surface area contributed by atoms with Gasteiger partial charge in [-0.3, -0.25) is 9.59 Å². The van der Waals surface area contributed by atoms with Crippen LogP contribution in [0.25, 0.3) is 0 Å². The summed E-state index contributed by atoms with van der Waals surface area (Å²) in [6.07, 6.45) is 0.448. The molecule has 0 aliphatic carbocycles. The van der Waals surface area contributed by atoms with Crippen LogP contribution in [0, 0.1) is 13.8 Å².